The first-order valence-electron chi connectivity index (χ1n) is 7.28. The molecule has 2 rings (SSSR count). The number of hydrogen-bond donors (Lipinski definition) is 0. The SMILES string of the molecule is CC(C)(C)[S+]([O-])N=CC1CN(C(=O)OCc2ccccc2)C1. The van der Waals surface area contributed by atoms with Crippen LogP contribution in [0.15, 0.2) is 34.7 Å². The van der Waals surface area contributed by atoms with Gasteiger partial charge in [-0.2, -0.15) is 0 Å². The Morgan fingerprint density at radius 2 is 2.05 bits per heavy atom. The zero-order valence-corrected chi connectivity index (χ0v) is 14.0. The van der Waals surface area contributed by atoms with Crippen LogP contribution in [0.3, 0.4) is 0 Å². The standard InChI is InChI=1S/C16H22N2O3S/c1-16(2,3)22(20)17-9-14-10-18(11-14)15(19)21-12-13-7-5-4-6-8-13/h4-9,14H,10-12H2,1-3H3. The average molecular weight is 322 g/mol. The summed E-state index contributed by atoms with van der Waals surface area (Å²) in [5, 5.41) is 0. The van der Waals surface area contributed by atoms with Crippen LogP contribution >= 0.6 is 0 Å². The van der Waals surface area contributed by atoms with Crippen molar-refractivity contribution in [1.82, 2.24) is 4.90 Å². The second-order valence-corrected chi connectivity index (χ2v) is 8.26. The Bertz CT molecular complexity index is 522. The normalized spacial score (nSPS) is 17.4. The third-order valence-electron chi connectivity index (χ3n) is 3.26. The summed E-state index contributed by atoms with van der Waals surface area (Å²) < 4.78 is 20.8. The van der Waals surface area contributed by atoms with Crippen LogP contribution in [0, 0.1) is 5.92 Å². The Balaban J connectivity index is 1.70. The molecule has 0 spiro atoms. The van der Waals surface area contributed by atoms with Gasteiger partial charge < -0.3 is 14.2 Å². The first kappa shape index (κ1) is 16.8. The molecule has 1 atom stereocenters. The molecule has 0 radical (unpaired) electrons. The highest BCUT2D eigenvalue weighted by molar-refractivity contribution is 7.91. The van der Waals surface area contributed by atoms with Crippen LogP contribution < -0.4 is 0 Å². The van der Waals surface area contributed by atoms with Gasteiger partial charge in [-0.15, -0.1) is 0 Å². The molecular weight excluding hydrogens is 300 g/mol. The van der Waals surface area contributed by atoms with Gasteiger partial charge in [-0.25, -0.2) is 4.79 Å². The Morgan fingerprint density at radius 1 is 1.41 bits per heavy atom. The predicted molar refractivity (Wildman–Crippen MR) is 88.1 cm³/mol. The lowest BCUT2D eigenvalue weighted by Crippen LogP contribution is -2.50. The minimum atomic E-state index is -1.24. The first-order chi connectivity index (χ1) is 10.4. The Kier molecular flexibility index (Phi) is 5.47. The van der Waals surface area contributed by atoms with Crippen molar-refractivity contribution in [3.05, 3.63) is 35.9 Å². The number of carbonyl (C=O) groups excluding carboxylic acids is 1. The summed E-state index contributed by atoms with van der Waals surface area (Å²) in [5.41, 5.74) is 0.968. The van der Waals surface area contributed by atoms with Gasteiger partial charge in [0, 0.05) is 19.0 Å². The zero-order valence-electron chi connectivity index (χ0n) is 13.2. The summed E-state index contributed by atoms with van der Waals surface area (Å²) in [4.78, 5) is 13.5. The van der Waals surface area contributed by atoms with Gasteiger partial charge in [0.1, 0.15) is 22.7 Å². The molecule has 1 fully saturated rings. The van der Waals surface area contributed by atoms with Crippen molar-refractivity contribution < 1.29 is 14.1 Å². The summed E-state index contributed by atoms with van der Waals surface area (Å²) in [5.74, 6) is 0.163. The molecular formula is C16H22N2O3S. The van der Waals surface area contributed by atoms with Gasteiger partial charge in [0.2, 0.25) is 0 Å². The molecule has 22 heavy (non-hydrogen) atoms. The molecule has 6 heteroatoms. The quantitative estimate of drug-likeness (QED) is 0.632. The molecule has 1 saturated heterocycles. The van der Waals surface area contributed by atoms with Gasteiger partial charge in [0.15, 0.2) is 0 Å². The zero-order chi connectivity index (χ0) is 16.2. The predicted octanol–water partition coefficient (Wildman–Crippen LogP) is 2.79. The number of ether oxygens (including phenoxy) is 1. The topological polar surface area (TPSA) is 65.0 Å². The van der Waals surface area contributed by atoms with E-state index in [1.54, 1.807) is 11.1 Å². The van der Waals surface area contributed by atoms with E-state index in [0.29, 0.717) is 13.1 Å². The average Bonchev–Trinajstić information content (AvgIpc) is 2.43. The number of hydrogen-bond acceptors (Lipinski definition) is 4. The fourth-order valence-corrected chi connectivity index (χ4v) is 2.46. The van der Waals surface area contributed by atoms with Crippen LogP contribution in [0.5, 0.6) is 0 Å². The molecule has 1 aliphatic rings. The van der Waals surface area contributed by atoms with E-state index in [-0.39, 0.29) is 23.4 Å². The molecule has 0 bridgehead atoms. The molecule has 1 heterocycles. The molecule has 0 saturated carbocycles. The Morgan fingerprint density at radius 3 is 2.64 bits per heavy atom. The highest BCUT2D eigenvalue weighted by Crippen LogP contribution is 2.19. The molecule has 1 aliphatic heterocycles. The summed E-state index contributed by atoms with van der Waals surface area (Å²) >= 11 is -1.24. The lowest BCUT2D eigenvalue weighted by molar-refractivity contribution is 0.0651. The van der Waals surface area contributed by atoms with Gasteiger partial charge in [0.25, 0.3) is 0 Å². The fraction of sp³-hybridized carbons (Fsp3) is 0.500. The van der Waals surface area contributed by atoms with Crippen molar-refractivity contribution in [2.75, 3.05) is 13.1 Å². The molecule has 120 valence electrons. The van der Waals surface area contributed by atoms with Crippen molar-refractivity contribution in [2.45, 2.75) is 32.1 Å². The van der Waals surface area contributed by atoms with E-state index in [1.807, 2.05) is 51.1 Å². The van der Waals surface area contributed by atoms with E-state index in [4.69, 9.17) is 4.74 Å². The fourth-order valence-electron chi connectivity index (χ4n) is 1.87. The number of rotatable bonds is 4. The van der Waals surface area contributed by atoms with Crippen molar-refractivity contribution in [3.63, 3.8) is 0 Å². The van der Waals surface area contributed by atoms with Gasteiger partial charge in [-0.3, -0.25) is 0 Å². The van der Waals surface area contributed by atoms with E-state index >= 15 is 0 Å². The van der Waals surface area contributed by atoms with E-state index in [9.17, 15) is 9.35 Å². The monoisotopic (exact) mass is 322 g/mol. The number of carbonyl (C=O) groups is 1. The van der Waals surface area contributed by atoms with Crippen LogP contribution in [-0.2, 0) is 22.7 Å². The third kappa shape index (κ3) is 4.74. The molecule has 1 amide bonds. The second-order valence-electron chi connectivity index (χ2n) is 6.32. The van der Waals surface area contributed by atoms with Crippen molar-refractivity contribution >= 4 is 23.7 Å². The highest BCUT2D eigenvalue weighted by Gasteiger charge is 2.32. The van der Waals surface area contributed by atoms with E-state index in [0.717, 1.165) is 5.56 Å². The summed E-state index contributed by atoms with van der Waals surface area (Å²) in [6.45, 7) is 7.07. The molecule has 5 nitrogen and oxygen atoms in total. The maximum Gasteiger partial charge on any atom is 0.410 e. The van der Waals surface area contributed by atoms with Gasteiger partial charge >= 0.3 is 6.09 Å². The first-order valence-corrected chi connectivity index (χ1v) is 8.39. The van der Waals surface area contributed by atoms with Crippen molar-refractivity contribution in [3.8, 4) is 0 Å². The number of nitrogens with zero attached hydrogens (tertiary/aromatic N) is 2. The third-order valence-corrected chi connectivity index (χ3v) is 4.63. The van der Waals surface area contributed by atoms with E-state index in [1.165, 1.54) is 0 Å². The number of amides is 1. The number of likely N-dealkylation sites (tertiary alicyclic amines) is 1. The molecule has 1 aromatic rings. The minimum Gasteiger partial charge on any atom is -0.591 e. The molecule has 1 unspecified atom stereocenters. The molecule has 0 aliphatic carbocycles. The summed E-state index contributed by atoms with van der Waals surface area (Å²) in [6, 6.07) is 9.58. The van der Waals surface area contributed by atoms with Crippen molar-refractivity contribution in [2.24, 2.45) is 10.3 Å². The largest absolute Gasteiger partial charge is 0.591 e. The van der Waals surface area contributed by atoms with Crippen molar-refractivity contribution in [1.29, 1.82) is 0 Å². The van der Waals surface area contributed by atoms with Crippen LogP contribution in [-0.4, -0.2) is 39.6 Å². The van der Waals surface area contributed by atoms with Gasteiger partial charge in [-0.05, 0) is 26.3 Å². The van der Waals surface area contributed by atoms with Crippen LogP contribution in [0.1, 0.15) is 26.3 Å². The smallest absolute Gasteiger partial charge is 0.410 e. The summed E-state index contributed by atoms with van der Waals surface area (Å²) in [7, 11) is 0. The van der Waals surface area contributed by atoms with Crippen LogP contribution in [0.2, 0.25) is 0 Å². The van der Waals surface area contributed by atoms with Crippen LogP contribution in [0.4, 0.5) is 4.79 Å². The molecule has 0 N–H and O–H groups in total. The molecule has 1 aromatic carbocycles. The molecule has 0 aromatic heterocycles. The Hall–Kier alpha value is -1.53. The van der Waals surface area contributed by atoms with Gasteiger partial charge in [0.05, 0.1) is 6.21 Å². The highest BCUT2D eigenvalue weighted by atomic mass is 32.2. The minimum absolute atomic E-state index is 0.163. The summed E-state index contributed by atoms with van der Waals surface area (Å²) in [6.07, 6.45) is 1.38. The maximum absolute atomic E-state index is 11.8. The lowest BCUT2D eigenvalue weighted by atomic mass is 10.0. The van der Waals surface area contributed by atoms with E-state index < -0.39 is 11.4 Å². The van der Waals surface area contributed by atoms with Gasteiger partial charge in [-0.1, -0.05) is 34.7 Å². The van der Waals surface area contributed by atoms with E-state index in [2.05, 4.69) is 4.40 Å². The number of benzene rings is 1. The Labute approximate surface area is 134 Å². The maximum atomic E-state index is 11.8. The second kappa shape index (κ2) is 7.15. The van der Waals surface area contributed by atoms with Crippen LogP contribution in [0.25, 0.3) is 0 Å². The lowest BCUT2D eigenvalue weighted by Gasteiger charge is -2.35.